The highest BCUT2D eigenvalue weighted by atomic mass is 35.5. The third-order valence-corrected chi connectivity index (χ3v) is 6.18. The number of hydrogen-bond acceptors (Lipinski definition) is 8. The van der Waals surface area contributed by atoms with Crippen LogP contribution in [0.15, 0.2) is 53.4 Å². The van der Waals surface area contributed by atoms with Gasteiger partial charge in [-0.2, -0.15) is 0 Å². The second kappa shape index (κ2) is 8.70. The Kier molecular flexibility index (Phi) is 6.02. The highest BCUT2D eigenvalue weighted by Crippen LogP contribution is 2.28. The Bertz CT molecular complexity index is 1160. The van der Waals surface area contributed by atoms with Crippen LogP contribution in [0.25, 0.3) is 11.0 Å². The maximum Gasteiger partial charge on any atom is 0.264 e. The van der Waals surface area contributed by atoms with Crippen LogP contribution in [0.5, 0.6) is 5.88 Å². The molecule has 9 nitrogen and oxygen atoms in total. The number of fused-ring (bicyclic) bond motifs is 1. The zero-order valence-electron chi connectivity index (χ0n) is 15.7. The minimum Gasteiger partial charge on any atom is -0.473 e. The van der Waals surface area contributed by atoms with E-state index in [-0.39, 0.29) is 40.9 Å². The number of benzene rings is 2. The van der Waals surface area contributed by atoms with E-state index in [9.17, 15) is 13.5 Å². The zero-order chi connectivity index (χ0) is 21.1. The van der Waals surface area contributed by atoms with Gasteiger partial charge in [-0.1, -0.05) is 35.9 Å². The van der Waals surface area contributed by atoms with Crippen LogP contribution in [0, 0.1) is 0 Å². The first-order valence-electron chi connectivity index (χ1n) is 9.11. The van der Waals surface area contributed by atoms with Crippen molar-refractivity contribution in [3.8, 4) is 5.88 Å². The van der Waals surface area contributed by atoms with Crippen molar-refractivity contribution in [2.24, 2.45) is 0 Å². The van der Waals surface area contributed by atoms with E-state index in [1.165, 1.54) is 12.1 Å². The highest BCUT2D eigenvalue weighted by Gasteiger charge is 2.24. The smallest absolute Gasteiger partial charge is 0.264 e. The summed E-state index contributed by atoms with van der Waals surface area (Å²) < 4.78 is 39.2. The van der Waals surface area contributed by atoms with E-state index >= 15 is 0 Å². The molecule has 0 radical (unpaired) electrons. The molecule has 2 heterocycles. The van der Waals surface area contributed by atoms with Crippen molar-refractivity contribution in [1.29, 1.82) is 0 Å². The van der Waals surface area contributed by atoms with Crippen LogP contribution < -0.4 is 14.8 Å². The summed E-state index contributed by atoms with van der Waals surface area (Å²) in [5.74, 6) is -0.0583. The molecule has 30 heavy (non-hydrogen) atoms. The predicted octanol–water partition coefficient (Wildman–Crippen LogP) is 1.77. The van der Waals surface area contributed by atoms with E-state index in [1.807, 2.05) is 0 Å². The van der Waals surface area contributed by atoms with Crippen molar-refractivity contribution in [1.82, 2.24) is 15.3 Å². The Labute approximate surface area is 178 Å². The summed E-state index contributed by atoms with van der Waals surface area (Å²) in [5, 5.41) is 12.7. The van der Waals surface area contributed by atoms with Gasteiger partial charge in [-0.05, 0) is 24.3 Å². The van der Waals surface area contributed by atoms with Gasteiger partial charge in [0.15, 0.2) is 0 Å². The molecular weight excluding hydrogens is 432 g/mol. The first-order valence-corrected chi connectivity index (χ1v) is 11.0. The summed E-state index contributed by atoms with van der Waals surface area (Å²) >= 11 is 6.05. The molecule has 2 aromatic carbocycles. The lowest BCUT2D eigenvalue weighted by Crippen LogP contribution is -2.51. The van der Waals surface area contributed by atoms with Gasteiger partial charge in [-0.3, -0.25) is 10.0 Å². The fraction of sp³-hybridized carbons (Fsp3) is 0.263. The summed E-state index contributed by atoms with van der Waals surface area (Å²) in [5.41, 5.74) is 1.04. The van der Waals surface area contributed by atoms with Crippen LogP contribution in [0.4, 0.5) is 5.82 Å². The minimum absolute atomic E-state index is 0.00573. The number of ether oxygens (including phenoxy) is 2. The minimum atomic E-state index is -4.03. The third-order valence-electron chi connectivity index (χ3n) is 4.34. The number of nitrogens with one attached hydrogen (secondary N) is 2. The van der Waals surface area contributed by atoms with Gasteiger partial charge in [0, 0.05) is 0 Å². The van der Waals surface area contributed by atoms with Crippen molar-refractivity contribution >= 4 is 38.5 Å². The topological polar surface area (TPSA) is 123 Å². The number of para-hydroxylation sites is 2. The van der Waals surface area contributed by atoms with E-state index < -0.39 is 16.3 Å². The SMILES string of the molecule is O=S(=O)(Nc1nc2ccccc2nc1OCC1COCC(O)N1)c1ccccc1Cl. The molecule has 1 aliphatic rings. The van der Waals surface area contributed by atoms with Gasteiger partial charge >= 0.3 is 0 Å². The summed E-state index contributed by atoms with van der Waals surface area (Å²) in [4.78, 5) is 8.69. The molecule has 0 spiro atoms. The van der Waals surface area contributed by atoms with Gasteiger partial charge in [0.05, 0.1) is 35.3 Å². The lowest BCUT2D eigenvalue weighted by molar-refractivity contribution is -0.0474. The van der Waals surface area contributed by atoms with E-state index in [4.69, 9.17) is 21.1 Å². The van der Waals surface area contributed by atoms with Crippen molar-refractivity contribution in [3.05, 3.63) is 53.6 Å². The Morgan fingerprint density at radius 3 is 2.57 bits per heavy atom. The number of nitrogens with zero attached hydrogens (tertiary/aromatic N) is 2. The normalized spacial score (nSPS) is 19.5. The molecule has 11 heteroatoms. The predicted molar refractivity (Wildman–Crippen MR) is 111 cm³/mol. The number of anilines is 1. The van der Waals surface area contributed by atoms with E-state index in [0.717, 1.165) is 0 Å². The molecule has 0 saturated carbocycles. The van der Waals surface area contributed by atoms with Gasteiger partial charge in [0.2, 0.25) is 5.82 Å². The van der Waals surface area contributed by atoms with Gasteiger partial charge in [0.1, 0.15) is 17.7 Å². The molecule has 1 saturated heterocycles. The van der Waals surface area contributed by atoms with Gasteiger partial charge < -0.3 is 14.6 Å². The second-order valence-corrected chi connectivity index (χ2v) is 8.69. The molecule has 1 fully saturated rings. The molecule has 3 N–H and O–H groups in total. The van der Waals surface area contributed by atoms with Crippen LogP contribution in [0.2, 0.25) is 5.02 Å². The first kappa shape index (κ1) is 20.8. The molecule has 0 amide bonds. The standard InChI is InChI=1S/C19H19ClN4O5S/c20-13-5-1-4-8-16(13)30(26,27)24-18-19(23-15-7-3-2-6-14(15)22-18)29-10-12-9-28-11-17(25)21-12/h1-8,12,17,21,25H,9-11H2,(H,22,24). The molecule has 1 aliphatic heterocycles. The fourth-order valence-electron chi connectivity index (χ4n) is 2.96. The number of aromatic nitrogens is 2. The van der Waals surface area contributed by atoms with Crippen LogP contribution in [0.1, 0.15) is 0 Å². The average Bonchev–Trinajstić information content (AvgIpc) is 2.72. The first-order chi connectivity index (χ1) is 14.4. The lowest BCUT2D eigenvalue weighted by atomic mass is 10.3. The van der Waals surface area contributed by atoms with Crippen LogP contribution >= 0.6 is 11.6 Å². The largest absolute Gasteiger partial charge is 0.473 e. The second-order valence-electron chi connectivity index (χ2n) is 6.63. The lowest BCUT2D eigenvalue weighted by Gasteiger charge is -2.27. The van der Waals surface area contributed by atoms with Crippen molar-refractivity contribution < 1.29 is 23.0 Å². The Morgan fingerprint density at radius 2 is 1.83 bits per heavy atom. The number of sulfonamides is 1. The van der Waals surface area contributed by atoms with Crippen molar-refractivity contribution in [2.75, 3.05) is 24.5 Å². The maximum absolute atomic E-state index is 12.9. The Balaban J connectivity index is 1.65. The van der Waals surface area contributed by atoms with E-state index in [0.29, 0.717) is 17.6 Å². The quantitative estimate of drug-likeness (QED) is 0.519. The summed E-state index contributed by atoms with van der Waals surface area (Å²) in [6, 6.07) is 12.8. The van der Waals surface area contributed by atoms with Gasteiger partial charge in [-0.15, -0.1) is 0 Å². The molecule has 0 bridgehead atoms. The molecule has 2 unspecified atom stereocenters. The van der Waals surface area contributed by atoms with Gasteiger partial charge in [0.25, 0.3) is 15.9 Å². The number of halogens is 1. The number of hydrogen-bond donors (Lipinski definition) is 3. The number of aliphatic hydroxyl groups is 1. The molecular formula is C19H19ClN4O5S. The van der Waals surface area contributed by atoms with Crippen molar-refractivity contribution in [3.63, 3.8) is 0 Å². The van der Waals surface area contributed by atoms with Gasteiger partial charge in [-0.25, -0.2) is 18.4 Å². The van der Waals surface area contributed by atoms with E-state index in [1.54, 1.807) is 36.4 Å². The molecule has 1 aromatic heterocycles. The molecule has 3 aromatic rings. The Hall–Kier alpha value is -2.50. The average molecular weight is 451 g/mol. The highest BCUT2D eigenvalue weighted by molar-refractivity contribution is 7.92. The fourth-order valence-corrected chi connectivity index (χ4v) is 4.48. The Morgan fingerprint density at radius 1 is 1.13 bits per heavy atom. The van der Waals surface area contributed by atoms with Crippen molar-refractivity contribution in [2.45, 2.75) is 17.2 Å². The summed E-state index contributed by atoms with van der Waals surface area (Å²) in [6.07, 6.45) is -0.798. The number of morpholine rings is 1. The van der Waals surface area contributed by atoms with Crippen LogP contribution in [0.3, 0.4) is 0 Å². The summed E-state index contributed by atoms with van der Waals surface area (Å²) in [7, 11) is -4.03. The summed E-state index contributed by atoms with van der Waals surface area (Å²) in [6.45, 7) is 0.610. The number of aliphatic hydroxyl groups excluding tert-OH is 1. The maximum atomic E-state index is 12.9. The molecule has 158 valence electrons. The van der Waals surface area contributed by atoms with Crippen LogP contribution in [-0.4, -0.2) is 55.6 Å². The third kappa shape index (κ3) is 4.63. The van der Waals surface area contributed by atoms with E-state index in [2.05, 4.69) is 20.0 Å². The molecule has 4 rings (SSSR count). The monoisotopic (exact) mass is 450 g/mol. The molecule has 0 aliphatic carbocycles. The number of rotatable bonds is 6. The molecule has 2 atom stereocenters. The van der Waals surface area contributed by atoms with Crippen LogP contribution in [-0.2, 0) is 14.8 Å². The zero-order valence-corrected chi connectivity index (χ0v) is 17.2.